The van der Waals surface area contributed by atoms with E-state index in [0.717, 1.165) is 23.0 Å². The molecule has 1 aromatic heterocycles. The van der Waals surface area contributed by atoms with E-state index >= 15 is 0 Å². The highest BCUT2D eigenvalue weighted by Crippen LogP contribution is 2.26. The molecule has 110 valence electrons. The Morgan fingerprint density at radius 2 is 1.77 bits per heavy atom. The van der Waals surface area contributed by atoms with Gasteiger partial charge in [0.2, 0.25) is 0 Å². The largest absolute Gasteiger partial charge is 0.426 e. The number of benzene rings is 2. The number of allylic oxidation sites excluding steroid dienone is 2. The van der Waals surface area contributed by atoms with E-state index in [1.165, 1.54) is 5.57 Å². The van der Waals surface area contributed by atoms with E-state index in [9.17, 15) is 4.79 Å². The zero-order valence-corrected chi connectivity index (χ0v) is 12.5. The molecular weight excluding hydrogens is 276 g/mol. The normalized spacial score (nSPS) is 10.6. The smallest absolute Gasteiger partial charge is 0.298 e. The van der Waals surface area contributed by atoms with Crippen molar-refractivity contribution in [2.75, 3.05) is 0 Å². The lowest BCUT2D eigenvalue weighted by atomic mass is 10.1. The minimum atomic E-state index is 0.412. The maximum Gasteiger partial charge on any atom is 0.298 e. The molecule has 0 N–H and O–H groups in total. The molecule has 0 aliphatic rings. The van der Waals surface area contributed by atoms with Gasteiger partial charge in [0.25, 0.3) is 6.47 Å². The third kappa shape index (κ3) is 2.68. The van der Waals surface area contributed by atoms with Crippen LogP contribution in [0.25, 0.3) is 22.1 Å². The van der Waals surface area contributed by atoms with Crippen LogP contribution in [0.2, 0.25) is 0 Å². The number of hydrogen-bond donors (Lipinski definition) is 0. The number of fused-ring (bicyclic) bond motifs is 2. The number of ether oxygens (including phenoxy) is 1. The lowest BCUT2D eigenvalue weighted by molar-refractivity contribution is -0.120. The summed E-state index contributed by atoms with van der Waals surface area (Å²) in [7, 11) is 0. The highest BCUT2D eigenvalue weighted by Gasteiger charge is 2.09. The molecule has 4 heteroatoms. The fourth-order valence-electron chi connectivity index (χ4n) is 2.38. The van der Waals surface area contributed by atoms with Gasteiger partial charge in [-0.2, -0.15) is 0 Å². The van der Waals surface area contributed by atoms with E-state index in [1.807, 2.05) is 24.3 Å². The van der Waals surface area contributed by atoms with Crippen molar-refractivity contribution in [3.63, 3.8) is 0 Å². The zero-order valence-electron chi connectivity index (χ0n) is 12.5. The van der Waals surface area contributed by atoms with Crippen molar-refractivity contribution >= 4 is 28.5 Å². The summed E-state index contributed by atoms with van der Waals surface area (Å²) >= 11 is 0. The Balaban J connectivity index is 2.25. The molecule has 1 heterocycles. The SMILES string of the molecule is CC(C)=CCc1cccc2nc3cccc(OC=O)c3nc12. The molecule has 0 spiro atoms. The van der Waals surface area contributed by atoms with Crippen LogP contribution in [-0.2, 0) is 11.2 Å². The van der Waals surface area contributed by atoms with E-state index in [-0.39, 0.29) is 0 Å². The van der Waals surface area contributed by atoms with E-state index in [2.05, 4.69) is 24.9 Å². The number of nitrogens with zero attached hydrogens (tertiary/aromatic N) is 2. The number of rotatable bonds is 4. The second kappa shape index (κ2) is 5.93. The Kier molecular flexibility index (Phi) is 3.83. The fourth-order valence-corrected chi connectivity index (χ4v) is 2.38. The van der Waals surface area contributed by atoms with Crippen LogP contribution in [0.3, 0.4) is 0 Å². The maximum absolute atomic E-state index is 10.6. The summed E-state index contributed by atoms with van der Waals surface area (Å²) in [6.45, 7) is 4.56. The summed E-state index contributed by atoms with van der Waals surface area (Å²) in [4.78, 5) is 20.0. The molecule has 3 rings (SSSR count). The van der Waals surface area contributed by atoms with Crippen molar-refractivity contribution in [2.24, 2.45) is 0 Å². The van der Waals surface area contributed by atoms with Gasteiger partial charge in [-0.25, -0.2) is 9.97 Å². The van der Waals surface area contributed by atoms with Crippen LogP contribution in [0.15, 0.2) is 48.0 Å². The Labute approximate surface area is 128 Å². The quantitative estimate of drug-likeness (QED) is 0.416. The van der Waals surface area contributed by atoms with Crippen molar-refractivity contribution in [1.82, 2.24) is 9.97 Å². The first kappa shape index (κ1) is 14.2. The highest BCUT2D eigenvalue weighted by molar-refractivity contribution is 5.91. The van der Waals surface area contributed by atoms with Crippen molar-refractivity contribution in [3.05, 3.63) is 53.6 Å². The number of carbonyl (C=O) groups is 1. The molecular formula is C18H16N2O2. The van der Waals surface area contributed by atoms with E-state index in [1.54, 1.807) is 12.1 Å². The van der Waals surface area contributed by atoms with Gasteiger partial charge < -0.3 is 4.74 Å². The average Bonchev–Trinajstić information content (AvgIpc) is 2.51. The number of para-hydroxylation sites is 2. The molecule has 0 aliphatic heterocycles. The second-order valence-electron chi connectivity index (χ2n) is 5.33. The van der Waals surface area contributed by atoms with Gasteiger partial charge in [0.1, 0.15) is 5.52 Å². The minimum absolute atomic E-state index is 0.412. The average molecular weight is 292 g/mol. The van der Waals surface area contributed by atoms with Gasteiger partial charge in [-0.05, 0) is 44.0 Å². The molecule has 2 aromatic carbocycles. The molecule has 0 amide bonds. The molecule has 0 saturated heterocycles. The van der Waals surface area contributed by atoms with Crippen LogP contribution < -0.4 is 4.74 Å². The Morgan fingerprint density at radius 3 is 2.50 bits per heavy atom. The Hall–Kier alpha value is -2.75. The van der Waals surface area contributed by atoms with Gasteiger partial charge in [0, 0.05) is 0 Å². The number of hydrogen-bond acceptors (Lipinski definition) is 4. The zero-order chi connectivity index (χ0) is 15.5. The third-order valence-corrected chi connectivity index (χ3v) is 3.45. The molecule has 0 unspecified atom stereocenters. The van der Waals surface area contributed by atoms with Gasteiger partial charge in [0.05, 0.1) is 16.6 Å². The van der Waals surface area contributed by atoms with Crippen molar-refractivity contribution in [1.29, 1.82) is 0 Å². The van der Waals surface area contributed by atoms with E-state index in [0.29, 0.717) is 23.3 Å². The van der Waals surface area contributed by atoms with Crippen LogP contribution in [0, 0.1) is 0 Å². The highest BCUT2D eigenvalue weighted by atomic mass is 16.5. The molecule has 0 fully saturated rings. The van der Waals surface area contributed by atoms with Crippen LogP contribution in [0.1, 0.15) is 19.4 Å². The second-order valence-corrected chi connectivity index (χ2v) is 5.33. The third-order valence-electron chi connectivity index (χ3n) is 3.45. The molecule has 22 heavy (non-hydrogen) atoms. The first-order valence-corrected chi connectivity index (χ1v) is 7.11. The van der Waals surface area contributed by atoms with Gasteiger partial charge in [0.15, 0.2) is 5.75 Å². The first-order chi connectivity index (χ1) is 10.7. The Bertz CT molecular complexity index is 881. The molecule has 0 atom stereocenters. The molecule has 3 aromatic rings. The number of aromatic nitrogens is 2. The van der Waals surface area contributed by atoms with Crippen LogP contribution in [0.5, 0.6) is 5.75 Å². The monoisotopic (exact) mass is 292 g/mol. The van der Waals surface area contributed by atoms with Crippen LogP contribution >= 0.6 is 0 Å². The predicted molar refractivity (Wildman–Crippen MR) is 86.9 cm³/mol. The Morgan fingerprint density at radius 1 is 1.05 bits per heavy atom. The lowest BCUT2D eigenvalue weighted by Crippen LogP contribution is -1.96. The lowest BCUT2D eigenvalue weighted by Gasteiger charge is -2.07. The summed E-state index contributed by atoms with van der Waals surface area (Å²) in [6, 6.07) is 11.4. The molecule has 0 bridgehead atoms. The van der Waals surface area contributed by atoms with Crippen molar-refractivity contribution in [2.45, 2.75) is 20.3 Å². The van der Waals surface area contributed by atoms with Crippen LogP contribution in [0.4, 0.5) is 0 Å². The standard InChI is InChI=1S/C18H16N2O2/c1-12(2)9-10-13-5-3-6-14-17(13)20-18-15(19-14)7-4-8-16(18)22-11-21/h3-9,11H,10H2,1-2H3. The molecule has 0 radical (unpaired) electrons. The fraction of sp³-hybridized carbons (Fsp3) is 0.167. The summed E-state index contributed by atoms with van der Waals surface area (Å²) in [6.07, 6.45) is 2.96. The first-order valence-electron chi connectivity index (χ1n) is 7.11. The topological polar surface area (TPSA) is 52.1 Å². The minimum Gasteiger partial charge on any atom is -0.426 e. The van der Waals surface area contributed by atoms with Gasteiger partial charge in [-0.3, -0.25) is 4.79 Å². The van der Waals surface area contributed by atoms with Crippen molar-refractivity contribution < 1.29 is 9.53 Å². The van der Waals surface area contributed by atoms with Crippen molar-refractivity contribution in [3.8, 4) is 5.75 Å². The van der Waals surface area contributed by atoms with Gasteiger partial charge in [-0.15, -0.1) is 0 Å². The molecule has 4 nitrogen and oxygen atoms in total. The molecule has 0 saturated carbocycles. The van der Waals surface area contributed by atoms with E-state index in [4.69, 9.17) is 9.72 Å². The maximum atomic E-state index is 10.6. The number of carbonyl (C=O) groups excluding carboxylic acids is 1. The summed E-state index contributed by atoms with van der Waals surface area (Å²) in [5.41, 5.74) is 5.37. The van der Waals surface area contributed by atoms with E-state index < -0.39 is 0 Å². The predicted octanol–water partition coefficient (Wildman–Crippen LogP) is 3.83. The summed E-state index contributed by atoms with van der Waals surface area (Å²) in [5, 5.41) is 0. The van der Waals surface area contributed by atoms with Gasteiger partial charge in [-0.1, -0.05) is 29.8 Å². The molecule has 0 aliphatic carbocycles. The van der Waals surface area contributed by atoms with Gasteiger partial charge >= 0.3 is 0 Å². The summed E-state index contributed by atoms with van der Waals surface area (Å²) < 4.78 is 5.01. The van der Waals surface area contributed by atoms with Crippen LogP contribution in [-0.4, -0.2) is 16.4 Å². The summed E-state index contributed by atoms with van der Waals surface area (Å²) in [5.74, 6) is 0.430.